The Bertz CT molecular complexity index is 207. The number of likely N-dealkylation sites (tertiary alicyclic amines) is 1. The van der Waals surface area contributed by atoms with Gasteiger partial charge in [0.1, 0.15) is 6.61 Å². The van der Waals surface area contributed by atoms with Gasteiger partial charge in [-0.1, -0.05) is 13.8 Å². The van der Waals surface area contributed by atoms with E-state index in [1.807, 2.05) is 0 Å². The van der Waals surface area contributed by atoms with Gasteiger partial charge < -0.3 is 10.4 Å². The summed E-state index contributed by atoms with van der Waals surface area (Å²) in [5.41, 5.74) is 0. The van der Waals surface area contributed by atoms with Crippen molar-refractivity contribution in [2.75, 3.05) is 26.2 Å². The Morgan fingerprint density at radius 2 is 2.33 bits per heavy atom. The third kappa shape index (κ3) is 4.18. The maximum atomic E-state index is 10.9. The molecule has 0 aliphatic carbocycles. The molecule has 0 saturated carbocycles. The zero-order valence-corrected chi connectivity index (χ0v) is 9.70. The van der Waals surface area contributed by atoms with Gasteiger partial charge in [0.05, 0.1) is 0 Å². The highest BCUT2D eigenvalue weighted by Gasteiger charge is 2.24. The molecule has 0 aromatic heterocycles. The summed E-state index contributed by atoms with van der Waals surface area (Å²) in [6.45, 7) is 6.92. The third-order valence-corrected chi connectivity index (χ3v) is 2.78. The highest BCUT2D eigenvalue weighted by atomic mass is 16.3. The Kier molecular flexibility index (Phi) is 5.05. The van der Waals surface area contributed by atoms with Crippen molar-refractivity contribution in [3.05, 3.63) is 0 Å². The van der Waals surface area contributed by atoms with Crippen LogP contribution in [0.1, 0.15) is 26.7 Å². The lowest BCUT2D eigenvalue weighted by molar-refractivity contribution is -0.124. The number of aliphatic hydroxyl groups excluding tert-OH is 1. The lowest BCUT2D eigenvalue weighted by atomic mass is 10.1. The van der Waals surface area contributed by atoms with Gasteiger partial charge >= 0.3 is 0 Å². The summed E-state index contributed by atoms with van der Waals surface area (Å²) in [5.74, 6) is 0.394. The fourth-order valence-electron chi connectivity index (χ4n) is 2.12. The molecule has 1 aliphatic rings. The zero-order chi connectivity index (χ0) is 11.3. The van der Waals surface area contributed by atoms with Crippen LogP contribution in [0.5, 0.6) is 0 Å². The SMILES string of the molecule is CC(C)CN1CCC[C@H]1CNC(=O)CO. The quantitative estimate of drug-likeness (QED) is 0.688. The summed E-state index contributed by atoms with van der Waals surface area (Å²) in [4.78, 5) is 13.4. The molecule has 1 fully saturated rings. The van der Waals surface area contributed by atoms with Crippen molar-refractivity contribution in [2.45, 2.75) is 32.7 Å². The van der Waals surface area contributed by atoms with E-state index in [0.29, 0.717) is 18.5 Å². The minimum Gasteiger partial charge on any atom is -0.387 e. The molecule has 1 rings (SSSR count). The van der Waals surface area contributed by atoms with Crippen LogP contribution in [-0.4, -0.2) is 48.2 Å². The monoisotopic (exact) mass is 214 g/mol. The molecule has 15 heavy (non-hydrogen) atoms. The fraction of sp³-hybridized carbons (Fsp3) is 0.909. The van der Waals surface area contributed by atoms with Crippen LogP contribution in [0.3, 0.4) is 0 Å². The molecule has 0 aromatic rings. The second-order valence-corrected chi connectivity index (χ2v) is 4.65. The van der Waals surface area contributed by atoms with Crippen LogP contribution >= 0.6 is 0 Å². The maximum Gasteiger partial charge on any atom is 0.245 e. The largest absolute Gasteiger partial charge is 0.387 e. The van der Waals surface area contributed by atoms with E-state index in [4.69, 9.17) is 5.11 Å². The Hall–Kier alpha value is -0.610. The summed E-state index contributed by atoms with van der Waals surface area (Å²) in [7, 11) is 0. The number of nitrogens with one attached hydrogen (secondary N) is 1. The van der Waals surface area contributed by atoms with Gasteiger partial charge in [-0.05, 0) is 25.3 Å². The van der Waals surface area contributed by atoms with Crippen molar-refractivity contribution in [2.24, 2.45) is 5.92 Å². The van der Waals surface area contributed by atoms with Gasteiger partial charge in [0.2, 0.25) is 5.91 Å². The van der Waals surface area contributed by atoms with Crippen LogP contribution in [0.25, 0.3) is 0 Å². The second kappa shape index (κ2) is 6.08. The Balaban J connectivity index is 2.30. The number of hydrogen-bond acceptors (Lipinski definition) is 3. The molecule has 4 heteroatoms. The molecule has 1 saturated heterocycles. The molecule has 2 N–H and O–H groups in total. The van der Waals surface area contributed by atoms with Gasteiger partial charge in [0.15, 0.2) is 0 Å². The second-order valence-electron chi connectivity index (χ2n) is 4.65. The van der Waals surface area contributed by atoms with Crippen LogP contribution in [-0.2, 0) is 4.79 Å². The van der Waals surface area contributed by atoms with Gasteiger partial charge in [-0.2, -0.15) is 0 Å². The predicted octanol–water partition coefficient (Wildman–Crippen LogP) is 0.215. The van der Waals surface area contributed by atoms with E-state index in [0.717, 1.165) is 19.5 Å². The van der Waals surface area contributed by atoms with E-state index in [2.05, 4.69) is 24.1 Å². The highest BCUT2D eigenvalue weighted by Crippen LogP contribution is 2.17. The Morgan fingerprint density at radius 3 is 2.93 bits per heavy atom. The van der Waals surface area contributed by atoms with Crippen LogP contribution in [0.15, 0.2) is 0 Å². The molecule has 0 spiro atoms. The molecule has 0 radical (unpaired) electrons. The molecular weight excluding hydrogens is 192 g/mol. The molecule has 0 bridgehead atoms. The maximum absolute atomic E-state index is 10.9. The molecule has 1 amide bonds. The van der Waals surface area contributed by atoms with Crippen molar-refractivity contribution < 1.29 is 9.90 Å². The third-order valence-electron chi connectivity index (χ3n) is 2.78. The van der Waals surface area contributed by atoms with Gasteiger partial charge in [-0.3, -0.25) is 9.69 Å². The predicted molar refractivity (Wildman–Crippen MR) is 59.5 cm³/mol. The van der Waals surface area contributed by atoms with Crippen molar-refractivity contribution >= 4 is 5.91 Å². The number of rotatable bonds is 5. The van der Waals surface area contributed by atoms with Crippen LogP contribution in [0.2, 0.25) is 0 Å². The number of carbonyl (C=O) groups excluding carboxylic acids is 1. The molecule has 1 heterocycles. The standard InChI is InChI=1S/C11H22N2O2/c1-9(2)7-13-5-3-4-10(13)6-12-11(15)8-14/h9-10,14H,3-8H2,1-2H3,(H,12,15)/t10-/m0/s1. The average molecular weight is 214 g/mol. The molecule has 1 atom stereocenters. The normalized spacial score (nSPS) is 22.3. The molecular formula is C11H22N2O2. The summed E-state index contributed by atoms with van der Waals surface area (Å²) in [6, 6.07) is 0.461. The van der Waals surface area contributed by atoms with Crippen LogP contribution < -0.4 is 5.32 Å². The number of amides is 1. The van der Waals surface area contributed by atoms with Crippen molar-refractivity contribution in [1.29, 1.82) is 0 Å². The molecule has 0 unspecified atom stereocenters. The van der Waals surface area contributed by atoms with E-state index in [-0.39, 0.29) is 5.91 Å². The van der Waals surface area contributed by atoms with E-state index < -0.39 is 6.61 Å². The topological polar surface area (TPSA) is 52.6 Å². The molecule has 1 aliphatic heterocycles. The van der Waals surface area contributed by atoms with E-state index in [1.165, 1.54) is 6.42 Å². The lowest BCUT2D eigenvalue weighted by Gasteiger charge is -2.26. The van der Waals surface area contributed by atoms with Gasteiger partial charge in [-0.25, -0.2) is 0 Å². The molecule has 88 valence electrons. The van der Waals surface area contributed by atoms with E-state index >= 15 is 0 Å². The van der Waals surface area contributed by atoms with Gasteiger partial charge in [0, 0.05) is 19.1 Å². The number of aliphatic hydroxyl groups is 1. The number of carbonyl (C=O) groups is 1. The first-order valence-electron chi connectivity index (χ1n) is 5.75. The fourth-order valence-corrected chi connectivity index (χ4v) is 2.12. The first-order chi connectivity index (χ1) is 7.13. The van der Waals surface area contributed by atoms with Gasteiger partial charge in [0.25, 0.3) is 0 Å². The summed E-state index contributed by atoms with van der Waals surface area (Å²) in [6.07, 6.45) is 2.37. The first kappa shape index (κ1) is 12.5. The van der Waals surface area contributed by atoms with E-state index in [1.54, 1.807) is 0 Å². The minimum atomic E-state index is -0.406. The number of hydrogen-bond donors (Lipinski definition) is 2. The van der Waals surface area contributed by atoms with Crippen molar-refractivity contribution in [3.8, 4) is 0 Å². The van der Waals surface area contributed by atoms with E-state index in [9.17, 15) is 4.79 Å². The Morgan fingerprint density at radius 1 is 1.60 bits per heavy atom. The smallest absolute Gasteiger partial charge is 0.245 e. The summed E-state index contributed by atoms with van der Waals surface area (Å²) >= 11 is 0. The zero-order valence-electron chi connectivity index (χ0n) is 9.70. The van der Waals surface area contributed by atoms with Crippen molar-refractivity contribution in [1.82, 2.24) is 10.2 Å². The van der Waals surface area contributed by atoms with Crippen LogP contribution in [0, 0.1) is 5.92 Å². The lowest BCUT2D eigenvalue weighted by Crippen LogP contribution is -2.42. The first-order valence-corrected chi connectivity index (χ1v) is 5.75. The minimum absolute atomic E-state index is 0.272. The van der Waals surface area contributed by atoms with Crippen molar-refractivity contribution in [3.63, 3.8) is 0 Å². The molecule has 0 aromatic carbocycles. The highest BCUT2D eigenvalue weighted by molar-refractivity contribution is 5.76. The molecule has 4 nitrogen and oxygen atoms in total. The summed E-state index contributed by atoms with van der Waals surface area (Å²) in [5, 5.41) is 11.3. The van der Waals surface area contributed by atoms with Crippen LogP contribution in [0.4, 0.5) is 0 Å². The van der Waals surface area contributed by atoms with Gasteiger partial charge in [-0.15, -0.1) is 0 Å². The number of nitrogens with zero attached hydrogens (tertiary/aromatic N) is 1. The Labute approximate surface area is 91.6 Å². The average Bonchev–Trinajstić information content (AvgIpc) is 2.61. The summed E-state index contributed by atoms with van der Waals surface area (Å²) < 4.78 is 0.